The molecule has 6 nitrogen and oxygen atoms in total. The van der Waals surface area contributed by atoms with E-state index in [1.807, 2.05) is 0 Å². The molecule has 0 aliphatic heterocycles. The Kier molecular flexibility index (Phi) is 3.56. The van der Waals surface area contributed by atoms with Crippen molar-refractivity contribution in [2.45, 2.75) is 39.2 Å². The van der Waals surface area contributed by atoms with E-state index in [4.69, 9.17) is 10.6 Å². The molecule has 1 aromatic heterocycles. The number of anilines is 2. The van der Waals surface area contributed by atoms with E-state index < -0.39 is 0 Å². The van der Waals surface area contributed by atoms with E-state index in [2.05, 4.69) is 34.6 Å². The zero-order chi connectivity index (χ0) is 13.2. The lowest BCUT2D eigenvalue weighted by atomic mass is 9.92. The number of nitrogens with one attached hydrogen (secondary N) is 2. The van der Waals surface area contributed by atoms with Gasteiger partial charge in [-0.1, -0.05) is 13.8 Å². The first-order valence-electron chi connectivity index (χ1n) is 6.18. The predicted octanol–water partition coefficient (Wildman–Crippen LogP) is 1.76. The highest BCUT2D eigenvalue weighted by Gasteiger charge is 2.31. The Labute approximate surface area is 107 Å². The molecular formula is C12H21N5O. The van der Waals surface area contributed by atoms with E-state index in [0.29, 0.717) is 28.8 Å². The van der Waals surface area contributed by atoms with Crippen LogP contribution in [0.3, 0.4) is 0 Å². The number of methoxy groups -OCH3 is 1. The maximum Gasteiger partial charge on any atom is 0.205 e. The number of ether oxygens (including phenoxy) is 1. The van der Waals surface area contributed by atoms with Gasteiger partial charge in [-0.15, -0.1) is 0 Å². The molecule has 2 rings (SSSR count). The molecule has 1 heterocycles. The second-order valence-electron chi connectivity index (χ2n) is 5.50. The molecule has 0 radical (unpaired) electrons. The van der Waals surface area contributed by atoms with Crippen LogP contribution in [0.2, 0.25) is 0 Å². The molecule has 4 N–H and O–H groups in total. The maximum absolute atomic E-state index is 5.40. The third-order valence-electron chi connectivity index (χ3n) is 3.45. The van der Waals surface area contributed by atoms with Gasteiger partial charge in [-0.05, 0) is 24.7 Å². The van der Waals surface area contributed by atoms with Gasteiger partial charge in [0.1, 0.15) is 6.33 Å². The third-order valence-corrected chi connectivity index (χ3v) is 3.45. The second-order valence-corrected chi connectivity index (χ2v) is 5.50. The molecule has 1 aliphatic carbocycles. The number of nitrogens with zero attached hydrogens (tertiary/aromatic N) is 2. The van der Waals surface area contributed by atoms with Crippen LogP contribution < -0.4 is 21.3 Å². The SMILES string of the molecule is COc1c(NN)ncnc1NC1CCC(C)(C)C1. The number of nitrogens with two attached hydrogens (primary N) is 1. The minimum absolute atomic E-state index is 0.396. The van der Waals surface area contributed by atoms with E-state index >= 15 is 0 Å². The molecule has 0 spiro atoms. The van der Waals surface area contributed by atoms with Crippen molar-refractivity contribution >= 4 is 11.6 Å². The van der Waals surface area contributed by atoms with E-state index in [1.165, 1.54) is 12.7 Å². The summed E-state index contributed by atoms with van der Waals surface area (Å²) in [5.41, 5.74) is 2.91. The molecule has 1 unspecified atom stereocenters. The van der Waals surface area contributed by atoms with Crippen molar-refractivity contribution in [1.29, 1.82) is 0 Å². The monoisotopic (exact) mass is 251 g/mol. The molecule has 1 aliphatic rings. The number of hydrogen-bond donors (Lipinski definition) is 3. The van der Waals surface area contributed by atoms with Crippen molar-refractivity contribution in [1.82, 2.24) is 9.97 Å². The topological polar surface area (TPSA) is 85.1 Å². The zero-order valence-electron chi connectivity index (χ0n) is 11.2. The van der Waals surface area contributed by atoms with Crippen LogP contribution in [0.1, 0.15) is 33.1 Å². The summed E-state index contributed by atoms with van der Waals surface area (Å²) in [6, 6.07) is 0.425. The third kappa shape index (κ3) is 2.64. The fourth-order valence-electron chi connectivity index (χ4n) is 2.53. The van der Waals surface area contributed by atoms with Gasteiger partial charge in [-0.3, -0.25) is 0 Å². The zero-order valence-corrected chi connectivity index (χ0v) is 11.2. The minimum atomic E-state index is 0.396. The second kappa shape index (κ2) is 4.97. The smallest absolute Gasteiger partial charge is 0.205 e. The summed E-state index contributed by atoms with van der Waals surface area (Å²) in [4.78, 5) is 8.25. The summed E-state index contributed by atoms with van der Waals surface area (Å²) in [5.74, 6) is 7.15. The van der Waals surface area contributed by atoms with Gasteiger partial charge in [0.25, 0.3) is 0 Å². The highest BCUT2D eigenvalue weighted by atomic mass is 16.5. The van der Waals surface area contributed by atoms with E-state index in [0.717, 1.165) is 12.8 Å². The van der Waals surface area contributed by atoms with Gasteiger partial charge in [-0.25, -0.2) is 15.8 Å². The first-order valence-corrected chi connectivity index (χ1v) is 6.18. The minimum Gasteiger partial charge on any atom is -0.490 e. The summed E-state index contributed by atoms with van der Waals surface area (Å²) in [5, 5.41) is 3.42. The van der Waals surface area contributed by atoms with Gasteiger partial charge in [0.05, 0.1) is 7.11 Å². The quantitative estimate of drug-likeness (QED) is 0.558. The van der Waals surface area contributed by atoms with Crippen LogP contribution in [0.15, 0.2) is 6.33 Å². The van der Waals surface area contributed by atoms with Crippen molar-refractivity contribution in [2.24, 2.45) is 11.3 Å². The number of hydrazine groups is 1. The molecule has 1 aromatic rings. The first-order chi connectivity index (χ1) is 8.55. The van der Waals surface area contributed by atoms with Crippen LogP contribution in [0.5, 0.6) is 5.75 Å². The van der Waals surface area contributed by atoms with Crippen LogP contribution in [-0.4, -0.2) is 23.1 Å². The molecule has 18 heavy (non-hydrogen) atoms. The Hall–Kier alpha value is -1.56. The van der Waals surface area contributed by atoms with Crippen LogP contribution in [-0.2, 0) is 0 Å². The summed E-state index contributed by atoms with van der Waals surface area (Å²) in [6.07, 6.45) is 4.97. The van der Waals surface area contributed by atoms with Crippen LogP contribution in [0.4, 0.5) is 11.6 Å². The molecule has 1 saturated carbocycles. The molecule has 1 atom stereocenters. The Balaban J connectivity index is 2.14. The van der Waals surface area contributed by atoms with Crippen molar-refractivity contribution in [3.63, 3.8) is 0 Å². The number of nitrogen functional groups attached to an aromatic ring is 1. The molecule has 0 bridgehead atoms. The lowest BCUT2D eigenvalue weighted by molar-refractivity contribution is 0.378. The van der Waals surface area contributed by atoms with Gasteiger partial charge >= 0.3 is 0 Å². The van der Waals surface area contributed by atoms with E-state index in [-0.39, 0.29) is 0 Å². The Morgan fingerprint density at radius 1 is 1.39 bits per heavy atom. The highest BCUT2D eigenvalue weighted by molar-refractivity contribution is 5.63. The summed E-state index contributed by atoms with van der Waals surface area (Å²) >= 11 is 0. The molecule has 6 heteroatoms. The predicted molar refractivity (Wildman–Crippen MR) is 71.4 cm³/mol. The van der Waals surface area contributed by atoms with Gasteiger partial charge in [0.15, 0.2) is 11.6 Å². The normalized spacial score (nSPS) is 21.7. The molecular weight excluding hydrogens is 230 g/mol. The van der Waals surface area contributed by atoms with Gasteiger partial charge in [-0.2, -0.15) is 0 Å². The molecule has 0 saturated heterocycles. The van der Waals surface area contributed by atoms with Gasteiger partial charge in [0.2, 0.25) is 5.75 Å². The fourth-order valence-corrected chi connectivity index (χ4v) is 2.53. The van der Waals surface area contributed by atoms with Crippen LogP contribution >= 0.6 is 0 Å². The first kappa shape index (κ1) is 12.9. The molecule has 0 amide bonds. The van der Waals surface area contributed by atoms with Crippen LogP contribution in [0, 0.1) is 5.41 Å². The molecule has 100 valence electrons. The number of rotatable bonds is 4. The Morgan fingerprint density at radius 2 is 2.11 bits per heavy atom. The molecule has 0 aromatic carbocycles. The summed E-state index contributed by atoms with van der Waals surface area (Å²) in [7, 11) is 1.59. The maximum atomic E-state index is 5.40. The van der Waals surface area contributed by atoms with Gasteiger partial charge in [0, 0.05) is 6.04 Å². The average molecular weight is 251 g/mol. The average Bonchev–Trinajstić information content (AvgIpc) is 2.68. The van der Waals surface area contributed by atoms with Crippen molar-refractivity contribution in [2.75, 3.05) is 17.9 Å². The Morgan fingerprint density at radius 3 is 2.67 bits per heavy atom. The van der Waals surface area contributed by atoms with Crippen LogP contribution in [0.25, 0.3) is 0 Å². The molecule has 1 fully saturated rings. The lowest BCUT2D eigenvalue weighted by Crippen LogP contribution is -2.20. The van der Waals surface area contributed by atoms with E-state index in [9.17, 15) is 0 Å². The van der Waals surface area contributed by atoms with E-state index in [1.54, 1.807) is 7.11 Å². The lowest BCUT2D eigenvalue weighted by Gasteiger charge is -2.19. The van der Waals surface area contributed by atoms with Gasteiger partial charge < -0.3 is 15.5 Å². The van der Waals surface area contributed by atoms with Crippen molar-refractivity contribution in [3.05, 3.63) is 6.33 Å². The largest absolute Gasteiger partial charge is 0.490 e. The highest BCUT2D eigenvalue weighted by Crippen LogP contribution is 2.39. The summed E-state index contributed by atoms with van der Waals surface area (Å²) < 4.78 is 5.30. The fraction of sp³-hybridized carbons (Fsp3) is 0.667. The number of hydrogen-bond acceptors (Lipinski definition) is 6. The Bertz CT molecular complexity index is 421. The van der Waals surface area contributed by atoms with Crippen molar-refractivity contribution in [3.8, 4) is 5.75 Å². The summed E-state index contributed by atoms with van der Waals surface area (Å²) in [6.45, 7) is 4.58. The number of aromatic nitrogens is 2. The van der Waals surface area contributed by atoms with Crippen molar-refractivity contribution < 1.29 is 4.74 Å². The standard InChI is InChI=1S/C12H21N5O/c1-12(2)5-4-8(6-12)16-10-9(18-3)11(17-13)15-7-14-10/h7-8H,4-6,13H2,1-3H3,(H2,14,15,16,17).